The third-order valence-corrected chi connectivity index (χ3v) is 4.65. The van der Waals surface area contributed by atoms with E-state index in [9.17, 15) is 0 Å². The molecule has 1 unspecified atom stereocenters. The molecule has 0 spiro atoms. The molecule has 1 atom stereocenters. The highest BCUT2D eigenvalue weighted by Crippen LogP contribution is 2.28. The summed E-state index contributed by atoms with van der Waals surface area (Å²) >= 11 is 3.58. The van der Waals surface area contributed by atoms with Crippen molar-refractivity contribution in [2.24, 2.45) is 7.05 Å². The van der Waals surface area contributed by atoms with Gasteiger partial charge < -0.3 is 9.47 Å². The average Bonchev–Trinajstić information content (AvgIpc) is 2.86. The molecule has 2 nitrogen and oxygen atoms in total. The maximum absolute atomic E-state index is 3.58. The number of halogens is 1. The Labute approximate surface area is 117 Å². The maximum Gasteiger partial charge on any atom is 0.0481 e. The van der Waals surface area contributed by atoms with Crippen LogP contribution < -0.4 is 0 Å². The Morgan fingerprint density at radius 2 is 2.17 bits per heavy atom. The van der Waals surface area contributed by atoms with Gasteiger partial charge in [0.1, 0.15) is 0 Å². The molecule has 1 aliphatic heterocycles. The minimum Gasteiger partial charge on any atom is -0.350 e. The number of aryl methyl sites for hydroxylation is 1. The molecule has 0 saturated carbocycles. The maximum atomic E-state index is 3.58. The lowest BCUT2D eigenvalue weighted by Crippen LogP contribution is -2.26. The molecule has 0 N–H and O–H groups in total. The lowest BCUT2D eigenvalue weighted by molar-refractivity contribution is 0.309. The van der Waals surface area contributed by atoms with Gasteiger partial charge in [-0.2, -0.15) is 0 Å². The van der Waals surface area contributed by atoms with Gasteiger partial charge in [-0.25, -0.2) is 0 Å². The Balaban J connectivity index is 1.98. The van der Waals surface area contributed by atoms with E-state index >= 15 is 0 Å². The van der Waals surface area contributed by atoms with E-state index in [2.05, 4.69) is 63.9 Å². The average molecular weight is 307 g/mol. The standard InChI is InChI=1S/C15H19BrN2/c1-17-7-3-4-13(17)8-11-10-18(2)15-6-5-12(16)9-14(11)15/h5-6,9-10,13H,3-4,7-8H2,1-2H3. The van der Waals surface area contributed by atoms with E-state index in [1.54, 1.807) is 0 Å². The van der Waals surface area contributed by atoms with E-state index in [1.807, 2.05) is 0 Å². The highest BCUT2D eigenvalue weighted by atomic mass is 79.9. The number of aromatic nitrogens is 1. The van der Waals surface area contributed by atoms with Crippen molar-refractivity contribution in [2.45, 2.75) is 25.3 Å². The first-order valence-corrected chi connectivity index (χ1v) is 7.38. The van der Waals surface area contributed by atoms with E-state index in [1.165, 1.54) is 46.7 Å². The van der Waals surface area contributed by atoms with Crippen LogP contribution in [-0.4, -0.2) is 29.1 Å². The predicted octanol–water partition coefficient (Wildman–Crippen LogP) is 3.58. The van der Waals surface area contributed by atoms with E-state index < -0.39 is 0 Å². The Morgan fingerprint density at radius 3 is 2.89 bits per heavy atom. The van der Waals surface area contributed by atoms with E-state index in [4.69, 9.17) is 0 Å². The van der Waals surface area contributed by atoms with Gasteiger partial charge >= 0.3 is 0 Å². The highest BCUT2D eigenvalue weighted by Gasteiger charge is 2.22. The minimum atomic E-state index is 0.717. The van der Waals surface area contributed by atoms with Crippen molar-refractivity contribution in [1.29, 1.82) is 0 Å². The number of hydrogen-bond donors (Lipinski definition) is 0. The molecule has 1 aliphatic rings. The molecular weight excluding hydrogens is 288 g/mol. The molecule has 0 aliphatic carbocycles. The number of likely N-dealkylation sites (N-methyl/N-ethyl adjacent to an activating group) is 1. The Kier molecular flexibility index (Phi) is 3.20. The molecular formula is C15H19BrN2. The summed E-state index contributed by atoms with van der Waals surface area (Å²) in [7, 11) is 4.39. The van der Waals surface area contributed by atoms with Crippen LogP contribution in [0.25, 0.3) is 10.9 Å². The van der Waals surface area contributed by atoms with Crippen LogP contribution in [0.4, 0.5) is 0 Å². The Bertz CT molecular complexity index is 573. The van der Waals surface area contributed by atoms with Crippen molar-refractivity contribution in [1.82, 2.24) is 9.47 Å². The van der Waals surface area contributed by atoms with Gasteiger partial charge in [0.25, 0.3) is 0 Å². The molecule has 1 aromatic heterocycles. The van der Waals surface area contributed by atoms with Gasteiger partial charge in [0.15, 0.2) is 0 Å². The van der Waals surface area contributed by atoms with E-state index in [0.29, 0.717) is 0 Å². The van der Waals surface area contributed by atoms with E-state index in [0.717, 1.165) is 6.04 Å². The smallest absolute Gasteiger partial charge is 0.0481 e. The summed E-state index contributed by atoms with van der Waals surface area (Å²) in [6.45, 7) is 1.25. The number of fused-ring (bicyclic) bond motifs is 1. The summed E-state index contributed by atoms with van der Waals surface area (Å²) in [5.74, 6) is 0. The summed E-state index contributed by atoms with van der Waals surface area (Å²) in [6, 6.07) is 7.28. The van der Waals surface area contributed by atoms with Crippen LogP contribution in [0, 0.1) is 0 Å². The quantitative estimate of drug-likeness (QED) is 0.823. The normalized spacial score (nSPS) is 20.9. The zero-order valence-corrected chi connectivity index (χ0v) is 12.6. The fourth-order valence-electron chi connectivity index (χ4n) is 3.10. The summed E-state index contributed by atoms with van der Waals surface area (Å²) in [5.41, 5.74) is 2.81. The summed E-state index contributed by atoms with van der Waals surface area (Å²) < 4.78 is 3.41. The minimum absolute atomic E-state index is 0.717. The van der Waals surface area contributed by atoms with Crippen molar-refractivity contribution in [3.8, 4) is 0 Å². The fraction of sp³-hybridized carbons (Fsp3) is 0.467. The van der Waals surface area contributed by atoms with Gasteiger partial charge in [-0.05, 0) is 56.6 Å². The molecule has 0 bridgehead atoms. The number of hydrogen-bond acceptors (Lipinski definition) is 1. The van der Waals surface area contributed by atoms with Crippen LogP contribution in [0.5, 0.6) is 0 Å². The van der Waals surface area contributed by atoms with Crippen LogP contribution in [-0.2, 0) is 13.5 Å². The molecule has 1 saturated heterocycles. The van der Waals surface area contributed by atoms with Gasteiger partial charge in [-0.15, -0.1) is 0 Å². The van der Waals surface area contributed by atoms with Crippen molar-refractivity contribution in [3.63, 3.8) is 0 Å². The molecule has 18 heavy (non-hydrogen) atoms. The van der Waals surface area contributed by atoms with Crippen LogP contribution in [0.1, 0.15) is 18.4 Å². The largest absolute Gasteiger partial charge is 0.350 e. The van der Waals surface area contributed by atoms with Crippen molar-refractivity contribution >= 4 is 26.8 Å². The SMILES string of the molecule is CN1CCCC1Cc1cn(C)c2ccc(Br)cc12. The number of benzene rings is 1. The second kappa shape index (κ2) is 4.71. The van der Waals surface area contributed by atoms with Gasteiger partial charge in [0.2, 0.25) is 0 Å². The van der Waals surface area contributed by atoms with Crippen molar-refractivity contribution in [2.75, 3.05) is 13.6 Å². The molecule has 1 aromatic carbocycles. The third kappa shape index (κ3) is 2.10. The molecule has 2 heterocycles. The van der Waals surface area contributed by atoms with Crippen LogP contribution in [0.3, 0.4) is 0 Å². The number of rotatable bonds is 2. The molecule has 0 amide bonds. The molecule has 1 fully saturated rings. The zero-order valence-electron chi connectivity index (χ0n) is 11.0. The first-order valence-electron chi connectivity index (χ1n) is 6.59. The lowest BCUT2D eigenvalue weighted by Gasteiger charge is -2.18. The topological polar surface area (TPSA) is 8.17 Å². The summed E-state index contributed by atoms with van der Waals surface area (Å²) in [6.07, 6.45) is 6.14. The molecule has 3 rings (SSSR count). The number of nitrogens with zero attached hydrogens (tertiary/aromatic N) is 2. The van der Waals surface area contributed by atoms with Gasteiger partial charge in [-0.1, -0.05) is 15.9 Å². The predicted molar refractivity (Wildman–Crippen MR) is 80.0 cm³/mol. The Morgan fingerprint density at radius 1 is 1.33 bits per heavy atom. The molecule has 2 aromatic rings. The van der Waals surface area contributed by atoms with Gasteiger partial charge in [0, 0.05) is 34.7 Å². The van der Waals surface area contributed by atoms with Crippen LogP contribution in [0.15, 0.2) is 28.9 Å². The molecule has 0 radical (unpaired) electrons. The summed E-state index contributed by atoms with van der Waals surface area (Å²) in [5, 5.41) is 1.40. The first kappa shape index (κ1) is 12.2. The fourth-order valence-corrected chi connectivity index (χ4v) is 3.46. The second-order valence-electron chi connectivity index (χ2n) is 5.41. The second-order valence-corrected chi connectivity index (χ2v) is 6.32. The van der Waals surface area contributed by atoms with Crippen molar-refractivity contribution in [3.05, 3.63) is 34.4 Å². The van der Waals surface area contributed by atoms with Crippen LogP contribution in [0.2, 0.25) is 0 Å². The summed E-state index contributed by atoms with van der Waals surface area (Å²) in [4.78, 5) is 2.50. The highest BCUT2D eigenvalue weighted by molar-refractivity contribution is 9.10. The van der Waals surface area contributed by atoms with Gasteiger partial charge in [0.05, 0.1) is 0 Å². The lowest BCUT2D eigenvalue weighted by atomic mass is 10.0. The number of likely N-dealkylation sites (tertiary alicyclic amines) is 1. The zero-order chi connectivity index (χ0) is 12.7. The third-order valence-electron chi connectivity index (χ3n) is 4.16. The van der Waals surface area contributed by atoms with Gasteiger partial charge in [-0.3, -0.25) is 0 Å². The molecule has 96 valence electrons. The van der Waals surface area contributed by atoms with E-state index in [-0.39, 0.29) is 0 Å². The Hall–Kier alpha value is -0.800. The van der Waals surface area contributed by atoms with Crippen LogP contribution >= 0.6 is 15.9 Å². The van der Waals surface area contributed by atoms with Crippen molar-refractivity contribution < 1.29 is 0 Å². The first-order chi connectivity index (χ1) is 8.65. The molecule has 3 heteroatoms. The monoisotopic (exact) mass is 306 g/mol.